The van der Waals surface area contributed by atoms with E-state index in [9.17, 15) is 10.1 Å². The van der Waals surface area contributed by atoms with Gasteiger partial charge in [-0.1, -0.05) is 41.9 Å². The number of halogens is 2. The van der Waals surface area contributed by atoms with Crippen LogP contribution in [0.3, 0.4) is 0 Å². The van der Waals surface area contributed by atoms with E-state index in [-0.39, 0.29) is 5.57 Å². The number of hydrogen-bond acceptors (Lipinski definition) is 3. The first-order valence-electron chi connectivity index (χ1n) is 8.00. The van der Waals surface area contributed by atoms with Crippen molar-refractivity contribution in [3.05, 3.63) is 87.1 Å². The molecule has 1 aromatic heterocycles. The second kappa shape index (κ2) is 8.67. The summed E-state index contributed by atoms with van der Waals surface area (Å²) in [6, 6.07) is 16.7. The quantitative estimate of drug-likeness (QED) is 0.452. The van der Waals surface area contributed by atoms with Gasteiger partial charge in [-0.15, -0.1) is 0 Å². The number of benzene rings is 2. The minimum Gasteiger partial charge on any atom is -0.320 e. The molecule has 0 atom stereocenters. The molecule has 0 aliphatic heterocycles. The largest absolute Gasteiger partial charge is 0.320 e. The number of nitrogens with zero attached hydrogens (tertiary/aromatic N) is 3. The van der Waals surface area contributed by atoms with Crippen LogP contribution in [0.15, 0.2) is 71.0 Å². The second-order valence-corrected chi connectivity index (χ2v) is 6.93. The zero-order valence-electron chi connectivity index (χ0n) is 14.1. The van der Waals surface area contributed by atoms with Gasteiger partial charge in [0.25, 0.3) is 5.91 Å². The van der Waals surface area contributed by atoms with Gasteiger partial charge in [-0.2, -0.15) is 10.4 Å². The molecule has 0 aliphatic rings. The summed E-state index contributed by atoms with van der Waals surface area (Å²) >= 11 is 9.53. The Labute approximate surface area is 170 Å². The predicted molar refractivity (Wildman–Crippen MR) is 109 cm³/mol. The van der Waals surface area contributed by atoms with Crippen LogP contribution in [-0.2, 0) is 11.3 Å². The number of carbonyl (C=O) groups excluding carboxylic acids is 1. The van der Waals surface area contributed by atoms with Crippen LogP contribution in [0.4, 0.5) is 5.69 Å². The third-order valence-electron chi connectivity index (χ3n) is 3.74. The Morgan fingerprint density at radius 3 is 2.74 bits per heavy atom. The molecule has 3 aromatic rings. The number of nitriles is 1. The minimum atomic E-state index is -0.483. The van der Waals surface area contributed by atoms with Crippen LogP contribution in [0.5, 0.6) is 0 Å². The number of carbonyl (C=O) groups is 1. The highest BCUT2D eigenvalue weighted by Gasteiger charge is 2.12. The van der Waals surface area contributed by atoms with E-state index in [0.717, 1.165) is 10.0 Å². The maximum atomic E-state index is 12.4. The molecule has 2 aromatic carbocycles. The van der Waals surface area contributed by atoms with Crippen molar-refractivity contribution < 1.29 is 4.79 Å². The van der Waals surface area contributed by atoms with E-state index < -0.39 is 5.91 Å². The van der Waals surface area contributed by atoms with E-state index in [0.29, 0.717) is 22.8 Å². The van der Waals surface area contributed by atoms with Crippen LogP contribution >= 0.6 is 27.5 Å². The molecule has 1 amide bonds. The molecule has 0 saturated carbocycles. The molecular formula is C20H14BrClN4O. The molecule has 0 saturated heterocycles. The molecule has 1 heterocycles. The van der Waals surface area contributed by atoms with Gasteiger partial charge >= 0.3 is 0 Å². The molecule has 0 fully saturated rings. The van der Waals surface area contributed by atoms with Gasteiger partial charge in [0.2, 0.25) is 0 Å². The van der Waals surface area contributed by atoms with Crippen molar-refractivity contribution in [1.82, 2.24) is 9.78 Å². The Morgan fingerprint density at radius 2 is 2.00 bits per heavy atom. The average molecular weight is 442 g/mol. The van der Waals surface area contributed by atoms with Gasteiger partial charge in [0.15, 0.2) is 0 Å². The van der Waals surface area contributed by atoms with Crippen LogP contribution in [0.25, 0.3) is 6.08 Å². The maximum absolute atomic E-state index is 12.4. The number of anilines is 1. The fourth-order valence-electron chi connectivity index (χ4n) is 2.41. The Kier molecular flexibility index (Phi) is 6.07. The molecule has 0 radical (unpaired) electrons. The van der Waals surface area contributed by atoms with E-state index in [4.69, 9.17) is 11.6 Å². The molecular weight excluding hydrogens is 428 g/mol. The molecule has 0 spiro atoms. The van der Waals surface area contributed by atoms with Crippen molar-refractivity contribution in [1.29, 1.82) is 5.26 Å². The van der Waals surface area contributed by atoms with Crippen molar-refractivity contribution in [2.45, 2.75) is 6.54 Å². The first-order valence-corrected chi connectivity index (χ1v) is 9.17. The van der Waals surface area contributed by atoms with Gasteiger partial charge in [-0.3, -0.25) is 9.48 Å². The van der Waals surface area contributed by atoms with Crippen molar-refractivity contribution >= 4 is 45.2 Å². The molecule has 0 aliphatic carbocycles. The Morgan fingerprint density at radius 1 is 1.26 bits per heavy atom. The lowest BCUT2D eigenvalue weighted by Gasteiger charge is -2.06. The highest BCUT2D eigenvalue weighted by Crippen LogP contribution is 2.22. The van der Waals surface area contributed by atoms with Gasteiger partial charge in [0, 0.05) is 21.3 Å². The third kappa shape index (κ3) is 4.85. The minimum absolute atomic E-state index is 0.0111. The number of para-hydroxylation sites is 1. The number of hydrogen-bond donors (Lipinski definition) is 1. The van der Waals surface area contributed by atoms with Gasteiger partial charge in [0.05, 0.1) is 18.4 Å². The number of aromatic nitrogens is 2. The van der Waals surface area contributed by atoms with Gasteiger partial charge in [-0.25, -0.2) is 0 Å². The topological polar surface area (TPSA) is 70.7 Å². The van der Waals surface area contributed by atoms with Gasteiger partial charge in [-0.05, 0) is 45.8 Å². The molecule has 0 unspecified atom stereocenters. The standard InChI is InChI=1S/C20H14BrClN4O/c21-17-6-2-4-8-19(17)25-20(27)16(10-23)9-14-11-24-26(12-14)13-15-5-1-3-7-18(15)22/h1-9,11-12H,13H2,(H,25,27)/b16-9-. The molecule has 5 nitrogen and oxygen atoms in total. The normalized spacial score (nSPS) is 11.1. The number of rotatable bonds is 5. The van der Waals surface area contributed by atoms with Crippen LogP contribution in [-0.4, -0.2) is 15.7 Å². The monoisotopic (exact) mass is 440 g/mol. The SMILES string of the molecule is N#C/C(=C/c1cnn(Cc2ccccc2Cl)c1)C(=O)Nc1ccccc1Br. The Balaban J connectivity index is 1.75. The highest BCUT2D eigenvalue weighted by atomic mass is 79.9. The summed E-state index contributed by atoms with van der Waals surface area (Å²) in [6.45, 7) is 0.499. The summed E-state index contributed by atoms with van der Waals surface area (Å²) < 4.78 is 2.44. The van der Waals surface area contributed by atoms with E-state index in [2.05, 4.69) is 26.3 Å². The van der Waals surface area contributed by atoms with E-state index in [1.165, 1.54) is 6.08 Å². The van der Waals surface area contributed by atoms with E-state index >= 15 is 0 Å². The summed E-state index contributed by atoms with van der Waals surface area (Å²) in [7, 11) is 0. The predicted octanol–water partition coefficient (Wildman–Crippen LogP) is 4.89. The molecule has 1 N–H and O–H groups in total. The summed E-state index contributed by atoms with van der Waals surface area (Å²) in [5, 5.41) is 17.0. The molecule has 0 bridgehead atoms. The summed E-state index contributed by atoms with van der Waals surface area (Å²) in [4.78, 5) is 12.4. The zero-order chi connectivity index (χ0) is 19.2. The number of nitrogens with one attached hydrogen (secondary N) is 1. The third-order valence-corrected chi connectivity index (χ3v) is 4.80. The van der Waals surface area contributed by atoms with Crippen molar-refractivity contribution in [2.24, 2.45) is 0 Å². The fraction of sp³-hybridized carbons (Fsp3) is 0.0500. The van der Waals surface area contributed by atoms with E-state index in [1.807, 2.05) is 42.5 Å². The molecule has 3 rings (SSSR count). The summed E-state index contributed by atoms with van der Waals surface area (Å²) in [5.41, 5.74) is 2.17. The van der Waals surface area contributed by atoms with Crippen LogP contribution in [0.2, 0.25) is 5.02 Å². The maximum Gasteiger partial charge on any atom is 0.266 e. The first-order chi connectivity index (χ1) is 13.1. The lowest BCUT2D eigenvalue weighted by molar-refractivity contribution is -0.112. The van der Waals surface area contributed by atoms with Crippen molar-refractivity contribution in [3.63, 3.8) is 0 Å². The van der Waals surface area contributed by atoms with Gasteiger partial charge < -0.3 is 5.32 Å². The Bertz CT molecular complexity index is 1050. The summed E-state index contributed by atoms with van der Waals surface area (Å²) in [5.74, 6) is -0.483. The van der Waals surface area contributed by atoms with Crippen LogP contribution in [0, 0.1) is 11.3 Å². The van der Waals surface area contributed by atoms with Crippen molar-refractivity contribution in [2.75, 3.05) is 5.32 Å². The summed E-state index contributed by atoms with van der Waals surface area (Å²) in [6.07, 6.45) is 4.86. The lowest BCUT2D eigenvalue weighted by Crippen LogP contribution is -2.13. The fourth-order valence-corrected chi connectivity index (χ4v) is 2.99. The number of amides is 1. The second-order valence-electron chi connectivity index (χ2n) is 5.67. The zero-order valence-corrected chi connectivity index (χ0v) is 16.4. The Hall–Kier alpha value is -2.88. The van der Waals surface area contributed by atoms with E-state index in [1.54, 1.807) is 29.2 Å². The smallest absolute Gasteiger partial charge is 0.266 e. The van der Waals surface area contributed by atoms with Gasteiger partial charge in [0.1, 0.15) is 11.6 Å². The molecule has 7 heteroatoms. The van der Waals surface area contributed by atoms with Crippen molar-refractivity contribution in [3.8, 4) is 6.07 Å². The van der Waals surface area contributed by atoms with Crippen LogP contribution < -0.4 is 5.32 Å². The molecule has 27 heavy (non-hydrogen) atoms. The van der Waals surface area contributed by atoms with Crippen LogP contribution in [0.1, 0.15) is 11.1 Å². The average Bonchev–Trinajstić information content (AvgIpc) is 3.10. The highest BCUT2D eigenvalue weighted by molar-refractivity contribution is 9.10. The first kappa shape index (κ1) is 18.9. The molecule has 134 valence electrons. The lowest BCUT2D eigenvalue weighted by atomic mass is 10.2.